The molecular weight excluding hydrogens is 429 g/mol. The van der Waals surface area contributed by atoms with Crippen LogP contribution < -0.4 is 5.32 Å². The summed E-state index contributed by atoms with van der Waals surface area (Å²) in [6.07, 6.45) is 1.45. The third kappa shape index (κ3) is 5.08. The Morgan fingerprint density at radius 2 is 1.91 bits per heavy atom. The topological polar surface area (TPSA) is 74.9 Å². The van der Waals surface area contributed by atoms with Crippen molar-refractivity contribution in [1.82, 2.24) is 4.90 Å². The summed E-state index contributed by atoms with van der Waals surface area (Å²) in [5, 5.41) is 2.38. The maximum Gasteiger partial charge on any atom is 0.243 e. The number of hydrogen-bond acceptors (Lipinski definition) is 5. The molecule has 2 heterocycles. The molecule has 1 aliphatic heterocycles. The highest BCUT2D eigenvalue weighted by Gasteiger charge is 2.39. The van der Waals surface area contributed by atoms with Gasteiger partial charge in [-0.1, -0.05) is 30.0 Å². The minimum Gasteiger partial charge on any atom is -0.467 e. The normalized spacial score (nSPS) is 17.2. The number of halogens is 1. The number of amidine groups is 1. The van der Waals surface area contributed by atoms with E-state index in [9.17, 15) is 14.0 Å². The molecule has 0 aliphatic carbocycles. The van der Waals surface area contributed by atoms with Crippen molar-refractivity contribution in [2.24, 2.45) is 4.99 Å². The van der Waals surface area contributed by atoms with E-state index in [1.165, 1.54) is 28.8 Å². The van der Waals surface area contributed by atoms with Gasteiger partial charge in [0.1, 0.15) is 16.8 Å². The average molecular weight is 452 g/mol. The third-order valence-electron chi connectivity index (χ3n) is 4.86. The number of furan rings is 1. The molecule has 1 fully saturated rings. The van der Waals surface area contributed by atoms with Crippen LogP contribution in [0.1, 0.15) is 23.3 Å². The van der Waals surface area contributed by atoms with Gasteiger partial charge in [-0.15, -0.1) is 0 Å². The van der Waals surface area contributed by atoms with Crippen LogP contribution in [-0.2, 0) is 16.1 Å². The molecule has 6 nitrogen and oxygen atoms in total. The van der Waals surface area contributed by atoms with E-state index in [0.717, 1.165) is 16.8 Å². The van der Waals surface area contributed by atoms with Gasteiger partial charge in [0.25, 0.3) is 0 Å². The summed E-state index contributed by atoms with van der Waals surface area (Å²) in [6.45, 7) is 4.19. The standard InChI is InChI=1S/C24H22FN3O3S/c1-15-10-16(2)12-17(11-15)26-24-28(14-18-6-5-9-31-18)23(30)21(32-24)13-22(29)27-20-8-4-3-7-19(20)25/h3-12,21H,13-14H2,1-2H3,(H,27,29). The predicted octanol–water partition coefficient (Wildman–Crippen LogP) is 5.20. The molecule has 2 amide bonds. The number of thioether (sulfide) groups is 1. The Bertz CT molecular complexity index is 1160. The van der Waals surface area contributed by atoms with E-state index in [4.69, 9.17) is 9.41 Å². The fourth-order valence-electron chi connectivity index (χ4n) is 3.49. The summed E-state index contributed by atoms with van der Waals surface area (Å²) < 4.78 is 19.3. The van der Waals surface area contributed by atoms with Gasteiger partial charge in [-0.3, -0.25) is 14.5 Å². The Labute approximate surface area is 189 Å². The summed E-state index contributed by atoms with van der Waals surface area (Å²) >= 11 is 1.23. The van der Waals surface area contributed by atoms with Crippen molar-refractivity contribution in [3.8, 4) is 0 Å². The van der Waals surface area contributed by atoms with Gasteiger partial charge >= 0.3 is 0 Å². The molecular formula is C24H22FN3O3S. The number of rotatable bonds is 6. The zero-order chi connectivity index (χ0) is 22.7. The lowest BCUT2D eigenvalue weighted by Gasteiger charge is -2.15. The molecule has 1 saturated heterocycles. The van der Waals surface area contributed by atoms with Gasteiger partial charge in [0, 0.05) is 6.42 Å². The highest BCUT2D eigenvalue weighted by atomic mass is 32.2. The van der Waals surface area contributed by atoms with Crippen molar-refractivity contribution in [1.29, 1.82) is 0 Å². The van der Waals surface area contributed by atoms with Crippen LogP contribution in [0, 0.1) is 19.7 Å². The van der Waals surface area contributed by atoms with Gasteiger partial charge in [-0.05, 0) is 61.4 Å². The minimum absolute atomic E-state index is 0.0875. The first-order valence-corrected chi connectivity index (χ1v) is 11.0. The fourth-order valence-corrected chi connectivity index (χ4v) is 4.64. The largest absolute Gasteiger partial charge is 0.467 e. The Morgan fingerprint density at radius 3 is 2.59 bits per heavy atom. The molecule has 2 aromatic carbocycles. The third-order valence-corrected chi connectivity index (χ3v) is 6.04. The van der Waals surface area contributed by atoms with Gasteiger partial charge in [0.15, 0.2) is 5.17 Å². The second-order valence-corrected chi connectivity index (χ2v) is 8.75. The van der Waals surface area contributed by atoms with E-state index in [-0.39, 0.29) is 24.6 Å². The van der Waals surface area contributed by atoms with E-state index in [1.807, 2.05) is 32.0 Å². The number of carbonyl (C=O) groups excluding carboxylic acids is 2. The van der Waals surface area contributed by atoms with Crippen molar-refractivity contribution in [3.05, 3.63) is 83.6 Å². The molecule has 8 heteroatoms. The van der Waals surface area contributed by atoms with Crippen LogP contribution in [0.2, 0.25) is 0 Å². The molecule has 1 aliphatic rings. The summed E-state index contributed by atoms with van der Waals surface area (Å²) in [5.74, 6) is -0.587. The number of aryl methyl sites for hydroxylation is 2. The van der Waals surface area contributed by atoms with Crippen LogP contribution in [0.15, 0.2) is 70.3 Å². The highest BCUT2D eigenvalue weighted by molar-refractivity contribution is 8.15. The maximum absolute atomic E-state index is 13.9. The monoisotopic (exact) mass is 451 g/mol. The number of carbonyl (C=O) groups is 2. The summed E-state index contributed by atoms with van der Waals surface area (Å²) in [5.41, 5.74) is 2.96. The molecule has 0 spiro atoms. The van der Waals surface area contributed by atoms with E-state index in [1.54, 1.807) is 30.5 Å². The zero-order valence-electron chi connectivity index (χ0n) is 17.7. The van der Waals surface area contributed by atoms with Crippen LogP contribution in [0.25, 0.3) is 0 Å². The first-order valence-electron chi connectivity index (χ1n) is 10.1. The predicted molar refractivity (Wildman–Crippen MR) is 123 cm³/mol. The second kappa shape index (κ2) is 9.40. The number of hydrogen-bond donors (Lipinski definition) is 1. The van der Waals surface area contributed by atoms with E-state index in [0.29, 0.717) is 10.9 Å². The van der Waals surface area contributed by atoms with Crippen LogP contribution in [0.4, 0.5) is 15.8 Å². The van der Waals surface area contributed by atoms with Crippen molar-refractivity contribution in [2.45, 2.75) is 32.1 Å². The highest BCUT2D eigenvalue weighted by Crippen LogP contribution is 2.33. The van der Waals surface area contributed by atoms with E-state index in [2.05, 4.69) is 5.32 Å². The molecule has 0 radical (unpaired) electrons. The fraction of sp³-hybridized carbons (Fsp3) is 0.208. The average Bonchev–Trinajstić information content (AvgIpc) is 3.33. The van der Waals surface area contributed by atoms with Gasteiger partial charge in [0.05, 0.1) is 24.2 Å². The van der Waals surface area contributed by atoms with Gasteiger partial charge < -0.3 is 9.73 Å². The van der Waals surface area contributed by atoms with Crippen molar-refractivity contribution in [2.75, 3.05) is 5.32 Å². The van der Waals surface area contributed by atoms with Crippen molar-refractivity contribution >= 4 is 40.1 Å². The lowest BCUT2D eigenvalue weighted by Crippen LogP contribution is -2.33. The van der Waals surface area contributed by atoms with Gasteiger partial charge in [-0.25, -0.2) is 9.38 Å². The second-order valence-electron chi connectivity index (χ2n) is 7.58. The SMILES string of the molecule is Cc1cc(C)cc(N=C2SC(CC(=O)Nc3ccccc3F)C(=O)N2Cc2ccco2)c1. The molecule has 4 rings (SSSR count). The Morgan fingerprint density at radius 1 is 1.16 bits per heavy atom. The van der Waals surface area contributed by atoms with E-state index >= 15 is 0 Å². The number of amides is 2. The van der Waals surface area contributed by atoms with E-state index < -0.39 is 17.0 Å². The van der Waals surface area contributed by atoms with Gasteiger partial charge in [0.2, 0.25) is 11.8 Å². The van der Waals surface area contributed by atoms with Crippen molar-refractivity contribution in [3.63, 3.8) is 0 Å². The lowest BCUT2D eigenvalue weighted by atomic mass is 10.1. The first kappa shape index (κ1) is 21.8. The molecule has 32 heavy (non-hydrogen) atoms. The minimum atomic E-state index is -0.665. The summed E-state index contributed by atoms with van der Waals surface area (Å²) in [6, 6.07) is 15.4. The smallest absolute Gasteiger partial charge is 0.243 e. The van der Waals surface area contributed by atoms with Crippen molar-refractivity contribution < 1.29 is 18.4 Å². The first-order chi connectivity index (χ1) is 15.4. The molecule has 0 saturated carbocycles. The van der Waals surface area contributed by atoms with Crippen LogP contribution >= 0.6 is 11.8 Å². The number of para-hydroxylation sites is 1. The van der Waals surface area contributed by atoms with Crippen LogP contribution in [-0.4, -0.2) is 27.1 Å². The molecule has 1 N–H and O–H groups in total. The number of nitrogens with one attached hydrogen (secondary N) is 1. The molecule has 3 aromatic rings. The van der Waals surface area contributed by atoms with Gasteiger partial charge in [-0.2, -0.15) is 0 Å². The number of anilines is 1. The number of nitrogens with zero attached hydrogens (tertiary/aromatic N) is 2. The molecule has 1 unspecified atom stereocenters. The summed E-state index contributed by atoms with van der Waals surface area (Å²) in [7, 11) is 0. The number of aliphatic imine (C=N–C) groups is 1. The maximum atomic E-state index is 13.9. The Hall–Kier alpha value is -3.39. The Balaban J connectivity index is 1.56. The Kier molecular flexibility index (Phi) is 6.41. The molecule has 1 atom stereocenters. The van der Waals surface area contributed by atoms with Crippen LogP contribution in [0.5, 0.6) is 0 Å². The summed E-state index contributed by atoms with van der Waals surface area (Å²) in [4.78, 5) is 31.9. The number of benzene rings is 2. The molecule has 1 aromatic heterocycles. The van der Waals surface area contributed by atoms with Crippen LogP contribution in [0.3, 0.4) is 0 Å². The molecule has 0 bridgehead atoms. The lowest BCUT2D eigenvalue weighted by molar-refractivity contribution is -0.128. The zero-order valence-corrected chi connectivity index (χ0v) is 18.5. The quantitative estimate of drug-likeness (QED) is 0.559. The molecule has 164 valence electrons.